The van der Waals surface area contributed by atoms with Crippen molar-refractivity contribution >= 4 is 22.9 Å². The molecule has 0 saturated heterocycles. The summed E-state index contributed by atoms with van der Waals surface area (Å²) < 4.78 is 13.4. The Labute approximate surface area is 114 Å². The number of nitrogens with one attached hydrogen (secondary N) is 1. The molecular weight excluding hydrogens is 263 g/mol. The number of para-hydroxylation sites is 1. The summed E-state index contributed by atoms with van der Waals surface area (Å²) in [7, 11) is 0. The molecule has 3 N–H and O–H groups in total. The summed E-state index contributed by atoms with van der Waals surface area (Å²) in [5.41, 5.74) is 5.89. The van der Waals surface area contributed by atoms with Crippen LogP contribution in [0.25, 0.3) is 0 Å². The number of carbonyl (C=O) groups is 1. The fraction of sp³-hybridized carbons (Fsp3) is 0.0714. The van der Waals surface area contributed by atoms with Gasteiger partial charge in [0.2, 0.25) is 0 Å². The monoisotopic (exact) mass is 274 g/mol. The predicted molar refractivity (Wildman–Crippen MR) is 74.6 cm³/mol. The standard InChI is InChI=1S/C14H11FN2OS/c15-12-5-1-2-6-13(12)17-14(18)10-8-11(19-9-10)4-3-7-16/h1-2,5-6,8-9H,7,16H2,(H,17,18). The Morgan fingerprint density at radius 1 is 1.42 bits per heavy atom. The molecule has 1 aromatic carbocycles. The summed E-state index contributed by atoms with van der Waals surface area (Å²) in [6.07, 6.45) is 0. The van der Waals surface area contributed by atoms with E-state index in [0.717, 1.165) is 4.88 Å². The van der Waals surface area contributed by atoms with Gasteiger partial charge in [0, 0.05) is 5.38 Å². The van der Waals surface area contributed by atoms with Gasteiger partial charge >= 0.3 is 0 Å². The van der Waals surface area contributed by atoms with Gasteiger partial charge < -0.3 is 11.1 Å². The highest BCUT2D eigenvalue weighted by Gasteiger charge is 2.10. The van der Waals surface area contributed by atoms with E-state index in [1.807, 2.05) is 0 Å². The zero-order chi connectivity index (χ0) is 13.7. The maximum absolute atomic E-state index is 13.4. The Morgan fingerprint density at radius 3 is 2.95 bits per heavy atom. The van der Waals surface area contributed by atoms with Crippen LogP contribution < -0.4 is 11.1 Å². The minimum absolute atomic E-state index is 0.160. The van der Waals surface area contributed by atoms with E-state index in [1.54, 1.807) is 23.6 Å². The highest BCUT2D eigenvalue weighted by molar-refractivity contribution is 7.10. The van der Waals surface area contributed by atoms with Crippen molar-refractivity contribution in [3.8, 4) is 11.8 Å². The van der Waals surface area contributed by atoms with E-state index in [-0.39, 0.29) is 18.1 Å². The second-order valence-corrected chi connectivity index (χ2v) is 4.55. The van der Waals surface area contributed by atoms with Gasteiger partial charge in [-0.15, -0.1) is 11.3 Å². The Bertz CT molecular complexity index is 655. The first-order chi connectivity index (χ1) is 9.20. The maximum Gasteiger partial charge on any atom is 0.256 e. The molecule has 0 atom stereocenters. The van der Waals surface area contributed by atoms with Crippen LogP contribution in [0.5, 0.6) is 0 Å². The third-order valence-electron chi connectivity index (χ3n) is 2.30. The van der Waals surface area contributed by atoms with Crippen LogP contribution in [-0.2, 0) is 0 Å². The zero-order valence-electron chi connectivity index (χ0n) is 9.94. The van der Waals surface area contributed by atoms with E-state index < -0.39 is 5.82 Å². The number of rotatable bonds is 2. The number of anilines is 1. The first kappa shape index (κ1) is 13.3. The van der Waals surface area contributed by atoms with Crippen molar-refractivity contribution in [2.75, 3.05) is 11.9 Å². The fourth-order valence-corrected chi connectivity index (χ4v) is 2.17. The summed E-state index contributed by atoms with van der Waals surface area (Å²) >= 11 is 1.35. The van der Waals surface area contributed by atoms with Gasteiger partial charge in [-0.1, -0.05) is 24.0 Å². The third kappa shape index (κ3) is 3.41. The summed E-state index contributed by atoms with van der Waals surface area (Å²) in [6, 6.07) is 7.68. The second-order valence-electron chi connectivity index (χ2n) is 3.64. The Morgan fingerprint density at radius 2 is 2.21 bits per heavy atom. The van der Waals surface area contributed by atoms with E-state index in [0.29, 0.717) is 5.56 Å². The molecule has 0 aliphatic rings. The van der Waals surface area contributed by atoms with E-state index in [2.05, 4.69) is 17.2 Å². The minimum atomic E-state index is -0.464. The molecule has 0 radical (unpaired) electrons. The van der Waals surface area contributed by atoms with Gasteiger partial charge in [0.15, 0.2) is 0 Å². The molecule has 2 aromatic rings. The predicted octanol–water partition coefficient (Wildman–Crippen LogP) is 2.45. The Balaban J connectivity index is 2.12. The number of carbonyl (C=O) groups excluding carboxylic acids is 1. The van der Waals surface area contributed by atoms with Crippen LogP contribution in [0, 0.1) is 17.7 Å². The van der Waals surface area contributed by atoms with Gasteiger partial charge in [0.1, 0.15) is 5.82 Å². The molecule has 3 nitrogen and oxygen atoms in total. The van der Waals surface area contributed by atoms with Gasteiger partial charge in [-0.05, 0) is 18.2 Å². The highest BCUT2D eigenvalue weighted by atomic mass is 32.1. The van der Waals surface area contributed by atoms with Crippen LogP contribution in [0.4, 0.5) is 10.1 Å². The Hall–Kier alpha value is -2.16. The summed E-state index contributed by atoms with van der Waals surface area (Å²) in [5.74, 6) is 4.73. The number of thiophene rings is 1. The molecule has 0 fully saturated rings. The number of nitrogens with two attached hydrogens (primary N) is 1. The SMILES string of the molecule is NCC#Cc1cc(C(=O)Nc2ccccc2F)cs1. The van der Waals surface area contributed by atoms with Gasteiger partial charge in [-0.2, -0.15) is 0 Å². The number of hydrogen-bond donors (Lipinski definition) is 2. The number of halogens is 1. The highest BCUT2D eigenvalue weighted by Crippen LogP contribution is 2.17. The molecule has 5 heteroatoms. The van der Waals surface area contributed by atoms with Gasteiger partial charge in [0.05, 0.1) is 22.7 Å². The third-order valence-corrected chi connectivity index (χ3v) is 3.14. The fourth-order valence-electron chi connectivity index (χ4n) is 1.42. The van der Waals surface area contributed by atoms with E-state index in [9.17, 15) is 9.18 Å². The van der Waals surface area contributed by atoms with Crippen molar-refractivity contribution in [3.63, 3.8) is 0 Å². The molecule has 1 amide bonds. The molecule has 0 aliphatic heterocycles. The quantitative estimate of drug-likeness (QED) is 0.826. The lowest BCUT2D eigenvalue weighted by Crippen LogP contribution is -2.11. The van der Waals surface area contributed by atoms with Crippen molar-refractivity contribution in [2.24, 2.45) is 5.73 Å². The van der Waals surface area contributed by atoms with Gasteiger partial charge in [-0.3, -0.25) is 4.79 Å². The van der Waals surface area contributed by atoms with Crippen molar-refractivity contribution in [1.29, 1.82) is 0 Å². The van der Waals surface area contributed by atoms with Crippen molar-refractivity contribution in [2.45, 2.75) is 0 Å². The van der Waals surface area contributed by atoms with Crippen molar-refractivity contribution < 1.29 is 9.18 Å². The van der Waals surface area contributed by atoms with Crippen molar-refractivity contribution in [3.05, 3.63) is 52.0 Å². The number of amides is 1. The molecule has 0 bridgehead atoms. The van der Waals surface area contributed by atoms with Crippen LogP contribution in [0.15, 0.2) is 35.7 Å². The molecule has 0 saturated carbocycles. The van der Waals surface area contributed by atoms with Crippen LogP contribution in [0.2, 0.25) is 0 Å². The smallest absolute Gasteiger partial charge is 0.256 e. The molecule has 96 valence electrons. The van der Waals surface area contributed by atoms with E-state index in [4.69, 9.17) is 5.73 Å². The van der Waals surface area contributed by atoms with Crippen LogP contribution in [-0.4, -0.2) is 12.5 Å². The lowest BCUT2D eigenvalue weighted by molar-refractivity contribution is 0.102. The minimum Gasteiger partial charge on any atom is -0.320 e. The summed E-state index contributed by atoms with van der Waals surface area (Å²) in [6.45, 7) is 0.272. The topological polar surface area (TPSA) is 55.1 Å². The molecule has 0 unspecified atom stereocenters. The lowest BCUT2D eigenvalue weighted by Gasteiger charge is -2.04. The van der Waals surface area contributed by atoms with Crippen molar-refractivity contribution in [1.82, 2.24) is 0 Å². The number of hydrogen-bond acceptors (Lipinski definition) is 3. The summed E-state index contributed by atoms with van der Waals surface area (Å²) in [5, 5.41) is 4.19. The van der Waals surface area contributed by atoms with E-state index in [1.165, 1.54) is 23.5 Å². The molecule has 0 spiro atoms. The first-order valence-corrected chi connectivity index (χ1v) is 6.42. The normalized spacial score (nSPS) is 9.58. The molecule has 1 heterocycles. The van der Waals surface area contributed by atoms with Gasteiger partial charge in [-0.25, -0.2) is 4.39 Å². The average molecular weight is 274 g/mol. The molecule has 19 heavy (non-hydrogen) atoms. The summed E-state index contributed by atoms with van der Waals surface area (Å²) in [4.78, 5) is 12.7. The molecule has 1 aromatic heterocycles. The largest absolute Gasteiger partial charge is 0.320 e. The molecule has 0 aliphatic carbocycles. The molecule has 2 rings (SSSR count). The maximum atomic E-state index is 13.4. The molecular formula is C14H11FN2OS. The van der Waals surface area contributed by atoms with Crippen LogP contribution in [0.3, 0.4) is 0 Å². The second kappa shape index (κ2) is 6.14. The first-order valence-electron chi connectivity index (χ1n) is 5.54. The lowest BCUT2D eigenvalue weighted by atomic mass is 10.2. The van der Waals surface area contributed by atoms with Crippen LogP contribution in [0.1, 0.15) is 15.2 Å². The number of benzene rings is 1. The van der Waals surface area contributed by atoms with Crippen LogP contribution >= 0.6 is 11.3 Å². The average Bonchev–Trinajstić information content (AvgIpc) is 2.88. The van der Waals surface area contributed by atoms with Gasteiger partial charge in [0.25, 0.3) is 5.91 Å². The van der Waals surface area contributed by atoms with E-state index >= 15 is 0 Å². The zero-order valence-corrected chi connectivity index (χ0v) is 10.8. The Kier molecular flexibility index (Phi) is 4.29.